The first-order valence-corrected chi connectivity index (χ1v) is 22.3. The molecule has 0 bridgehead atoms. The molecule has 0 atom stereocenters. The van der Waals surface area contributed by atoms with Crippen LogP contribution in [0, 0.1) is 14.1 Å². The fraction of sp³-hybridized carbons (Fsp3) is 0.0909. The van der Waals surface area contributed by atoms with E-state index in [9.17, 15) is 43.2 Å². The Labute approximate surface area is 298 Å². The van der Waals surface area contributed by atoms with Crippen LogP contribution in [-0.2, 0) is 26.4 Å². The molecular weight excluding hydrogens is 862 g/mol. The third-order valence-corrected chi connectivity index (χ3v) is 20.1. The number of benzene rings is 5. The Balaban J connectivity index is 1.50. The molecule has 0 saturated carbocycles. The molecule has 0 N–H and O–H groups in total. The average molecular weight is 887 g/mol. The Morgan fingerprint density at radius 1 is 0.540 bits per heavy atom. The monoisotopic (exact) mass is 886 g/mol. The van der Waals surface area contributed by atoms with Gasteiger partial charge in [0.25, 0.3) is 0 Å². The van der Waals surface area contributed by atoms with Crippen molar-refractivity contribution in [3.05, 3.63) is 146 Å². The Hall–Kier alpha value is -3.07. The summed E-state index contributed by atoms with van der Waals surface area (Å²) in [6, 6.07) is 34.2. The fourth-order valence-corrected chi connectivity index (χ4v) is 16.8. The summed E-state index contributed by atoms with van der Waals surface area (Å²) < 4.78 is 141. The zero-order chi connectivity index (χ0) is 36.4. The zero-order valence-corrected chi connectivity index (χ0v) is 30.9. The van der Waals surface area contributed by atoms with Crippen molar-refractivity contribution in [1.29, 1.82) is 0 Å². The minimum absolute atomic E-state index is 0.165. The SMILES string of the molecule is Cc1ccccc1I(OS(=O)(=O)C(F)(F)F)c1ccc(Sc2ccc(S(OS(=O)(=O)C(F)(F)F)(c3ccccc3)c3ccccc3)cc2)cc1. The van der Waals surface area contributed by atoms with Crippen molar-refractivity contribution in [2.24, 2.45) is 0 Å². The van der Waals surface area contributed by atoms with Gasteiger partial charge < -0.3 is 0 Å². The van der Waals surface area contributed by atoms with Crippen LogP contribution in [-0.4, -0.2) is 27.9 Å². The van der Waals surface area contributed by atoms with Crippen molar-refractivity contribution in [3.8, 4) is 0 Å². The van der Waals surface area contributed by atoms with Gasteiger partial charge in [-0.2, -0.15) is 21.6 Å². The van der Waals surface area contributed by atoms with Crippen LogP contribution >= 0.6 is 42.3 Å². The molecule has 5 rings (SSSR count). The minimum atomic E-state index is -6.09. The Morgan fingerprint density at radius 3 is 1.42 bits per heavy atom. The normalized spacial score (nSPS) is 13.5. The van der Waals surface area contributed by atoms with Gasteiger partial charge in [0.1, 0.15) is 0 Å². The maximum absolute atomic E-state index is 13.8. The molecule has 6 nitrogen and oxygen atoms in total. The molecule has 0 amide bonds. The van der Waals surface area contributed by atoms with Gasteiger partial charge in [-0.05, 0) is 0 Å². The molecule has 0 unspecified atom stereocenters. The molecule has 0 aliphatic carbocycles. The summed E-state index contributed by atoms with van der Waals surface area (Å²) in [6.45, 7) is 1.65. The van der Waals surface area contributed by atoms with Crippen LogP contribution < -0.4 is 0 Å². The molecule has 17 heteroatoms. The summed E-state index contributed by atoms with van der Waals surface area (Å²) in [5.74, 6) is 0. The summed E-state index contributed by atoms with van der Waals surface area (Å²) in [6.07, 6.45) is 0. The van der Waals surface area contributed by atoms with E-state index in [1.54, 1.807) is 85.8 Å². The third kappa shape index (κ3) is 8.18. The number of hydrogen-bond donors (Lipinski definition) is 0. The summed E-state index contributed by atoms with van der Waals surface area (Å²) in [4.78, 5) is 1.76. The van der Waals surface area contributed by atoms with Gasteiger partial charge in [-0.1, -0.05) is 36.4 Å². The van der Waals surface area contributed by atoms with E-state index in [0.717, 1.165) is 0 Å². The van der Waals surface area contributed by atoms with Crippen molar-refractivity contribution in [2.75, 3.05) is 0 Å². The maximum atomic E-state index is 13.8. The molecule has 0 saturated heterocycles. The van der Waals surface area contributed by atoms with Crippen LogP contribution in [0.3, 0.4) is 0 Å². The second-order valence-corrected chi connectivity index (χ2v) is 22.1. The Kier molecular flexibility index (Phi) is 11.4. The number of rotatable bonds is 11. The van der Waals surface area contributed by atoms with Crippen molar-refractivity contribution in [3.63, 3.8) is 0 Å². The molecule has 0 fully saturated rings. The zero-order valence-electron chi connectivity index (χ0n) is 25.4. The van der Waals surface area contributed by atoms with E-state index in [0.29, 0.717) is 18.9 Å². The van der Waals surface area contributed by atoms with Crippen molar-refractivity contribution in [2.45, 2.75) is 42.4 Å². The number of alkyl halides is 6. The van der Waals surface area contributed by atoms with Crippen LogP contribution in [0.2, 0.25) is 0 Å². The van der Waals surface area contributed by atoms with Gasteiger partial charge in [-0.15, -0.1) is 0 Å². The van der Waals surface area contributed by atoms with Crippen molar-refractivity contribution < 1.29 is 49.3 Å². The quantitative estimate of drug-likeness (QED) is 0.0742. The number of hydrogen-bond acceptors (Lipinski definition) is 7. The van der Waals surface area contributed by atoms with Crippen LogP contribution in [0.25, 0.3) is 0 Å². The molecule has 0 aromatic heterocycles. The second kappa shape index (κ2) is 14.9. The second-order valence-electron chi connectivity index (χ2n) is 10.1. The molecule has 5 aromatic rings. The van der Waals surface area contributed by atoms with Gasteiger partial charge in [0, 0.05) is 0 Å². The van der Waals surface area contributed by atoms with E-state index in [-0.39, 0.29) is 18.3 Å². The van der Waals surface area contributed by atoms with Gasteiger partial charge in [-0.25, -0.2) is 0 Å². The van der Waals surface area contributed by atoms with Crippen LogP contribution in [0.1, 0.15) is 5.56 Å². The Bertz CT molecular complexity index is 2110. The number of aryl methyl sites for hydroxylation is 1. The molecule has 0 heterocycles. The van der Waals surface area contributed by atoms with E-state index >= 15 is 0 Å². The van der Waals surface area contributed by atoms with Crippen LogP contribution in [0.15, 0.2) is 158 Å². The molecule has 0 radical (unpaired) electrons. The topological polar surface area (TPSA) is 86.7 Å². The summed E-state index contributed by atoms with van der Waals surface area (Å²) >= 11 is -2.42. The van der Waals surface area contributed by atoms with Gasteiger partial charge in [0.15, 0.2) is 0 Å². The van der Waals surface area contributed by atoms with E-state index in [1.807, 2.05) is 0 Å². The molecule has 0 aliphatic heterocycles. The molecular formula is C33H25F6IO6S4. The molecule has 50 heavy (non-hydrogen) atoms. The van der Waals surface area contributed by atoms with E-state index in [2.05, 4.69) is 0 Å². The first-order valence-electron chi connectivity index (χ1n) is 14.1. The summed E-state index contributed by atoms with van der Waals surface area (Å²) in [7, 11) is -15.5. The van der Waals surface area contributed by atoms with Gasteiger partial charge in [0.05, 0.1) is 0 Å². The standard InChI is InChI=1S/C33H25F6IO6S4/c1-24-10-8-9-15-31(24)40(45-49(41,42)32(34,35)36)25-16-18-26(19-17-25)47-27-20-22-30(23-21-27)48(28-11-4-2-5-12-28,29-13-6-3-7-14-29)46-50(43,44)33(37,38)39/h2-23H,1H3. The summed E-state index contributed by atoms with van der Waals surface area (Å²) in [5, 5.41) is 0. The predicted molar refractivity (Wildman–Crippen MR) is 187 cm³/mol. The molecule has 0 aliphatic rings. The van der Waals surface area contributed by atoms with Crippen molar-refractivity contribution >= 4 is 62.5 Å². The summed E-state index contributed by atoms with van der Waals surface area (Å²) in [5.41, 5.74) is -10.7. The number of halogens is 7. The van der Waals surface area contributed by atoms with Gasteiger partial charge >= 0.3 is 242 Å². The first-order chi connectivity index (χ1) is 23.4. The first kappa shape index (κ1) is 38.2. The predicted octanol–water partition coefficient (Wildman–Crippen LogP) is 10.5. The van der Waals surface area contributed by atoms with E-state index < -0.39 is 61.8 Å². The van der Waals surface area contributed by atoms with Crippen LogP contribution in [0.4, 0.5) is 26.3 Å². The fourth-order valence-electron chi connectivity index (χ4n) is 4.43. The van der Waals surface area contributed by atoms with E-state index in [1.165, 1.54) is 66.4 Å². The van der Waals surface area contributed by atoms with Gasteiger partial charge in [-0.3, -0.25) is 0 Å². The average Bonchev–Trinajstić information content (AvgIpc) is 3.07. The third-order valence-electron chi connectivity index (χ3n) is 6.72. The molecule has 0 spiro atoms. The Morgan fingerprint density at radius 2 is 0.960 bits per heavy atom. The molecule has 266 valence electrons. The van der Waals surface area contributed by atoms with Gasteiger partial charge in [0.2, 0.25) is 0 Å². The van der Waals surface area contributed by atoms with E-state index in [4.69, 9.17) is 6.14 Å². The van der Waals surface area contributed by atoms with Crippen molar-refractivity contribution in [1.82, 2.24) is 0 Å². The molecule has 5 aromatic carbocycles. The van der Waals surface area contributed by atoms with Crippen LogP contribution in [0.5, 0.6) is 0 Å².